The van der Waals surface area contributed by atoms with E-state index >= 15 is 0 Å². The maximum atomic E-state index is 13.3. The van der Waals surface area contributed by atoms with E-state index in [9.17, 15) is 13.2 Å². The summed E-state index contributed by atoms with van der Waals surface area (Å²) in [6, 6.07) is 3.26. The molecule has 2 nitrogen and oxygen atoms in total. The third-order valence-electron chi connectivity index (χ3n) is 2.35. The molecule has 1 aromatic carbocycles. The van der Waals surface area contributed by atoms with Crippen molar-refractivity contribution in [3.63, 3.8) is 0 Å². The van der Waals surface area contributed by atoms with Gasteiger partial charge in [-0.3, -0.25) is 0 Å². The predicted molar refractivity (Wildman–Crippen MR) is 55.5 cm³/mol. The summed E-state index contributed by atoms with van der Waals surface area (Å²) in [5.41, 5.74) is 0.512. The third-order valence-corrected chi connectivity index (χ3v) is 2.35. The molecule has 0 heterocycles. The van der Waals surface area contributed by atoms with Crippen LogP contribution in [-0.4, -0.2) is 26.6 Å². The SMILES string of the molecule is CNC(Cc1ccc(OC)c(F)c1)C(F)F. The van der Waals surface area contributed by atoms with E-state index in [1.165, 1.54) is 26.3 Å². The zero-order valence-electron chi connectivity index (χ0n) is 9.14. The largest absolute Gasteiger partial charge is 0.494 e. The minimum atomic E-state index is -2.48. The van der Waals surface area contributed by atoms with Gasteiger partial charge in [-0.25, -0.2) is 13.2 Å². The number of halogens is 3. The van der Waals surface area contributed by atoms with Crippen molar-refractivity contribution >= 4 is 0 Å². The Bertz CT molecular complexity index is 344. The number of rotatable bonds is 5. The Labute approximate surface area is 92.4 Å². The first-order valence-corrected chi connectivity index (χ1v) is 4.86. The van der Waals surface area contributed by atoms with Gasteiger partial charge in [0.2, 0.25) is 0 Å². The average molecular weight is 233 g/mol. The van der Waals surface area contributed by atoms with Crippen LogP contribution in [0.3, 0.4) is 0 Å². The highest BCUT2D eigenvalue weighted by Crippen LogP contribution is 2.19. The summed E-state index contributed by atoms with van der Waals surface area (Å²) >= 11 is 0. The van der Waals surface area contributed by atoms with Gasteiger partial charge in [-0.1, -0.05) is 6.07 Å². The molecular formula is C11H14F3NO. The number of benzene rings is 1. The molecule has 1 unspecified atom stereocenters. The summed E-state index contributed by atoms with van der Waals surface area (Å²) < 4.78 is 42.9. The summed E-state index contributed by atoms with van der Waals surface area (Å²) in [4.78, 5) is 0. The van der Waals surface area contributed by atoms with Crippen LogP contribution in [0.1, 0.15) is 5.56 Å². The van der Waals surface area contributed by atoms with E-state index in [-0.39, 0.29) is 12.2 Å². The molecule has 1 aromatic rings. The van der Waals surface area contributed by atoms with Crippen LogP contribution in [0, 0.1) is 5.82 Å². The molecule has 1 N–H and O–H groups in total. The molecule has 0 aliphatic rings. The number of likely N-dealkylation sites (N-methyl/N-ethyl adjacent to an activating group) is 1. The number of hydrogen-bond donors (Lipinski definition) is 1. The predicted octanol–water partition coefficient (Wildman–Crippen LogP) is 2.23. The van der Waals surface area contributed by atoms with Crippen molar-refractivity contribution < 1.29 is 17.9 Å². The number of ether oxygens (including phenoxy) is 1. The quantitative estimate of drug-likeness (QED) is 0.842. The molecule has 0 aliphatic heterocycles. The Kier molecular flexibility index (Phi) is 4.61. The zero-order valence-corrected chi connectivity index (χ0v) is 9.14. The lowest BCUT2D eigenvalue weighted by atomic mass is 10.1. The van der Waals surface area contributed by atoms with Crippen LogP contribution in [0.2, 0.25) is 0 Å². The maximum absolute atomic E-state index is 13.3. The van der Waals surface area contributed by atoms with E-state index in [4.69, 9.17) is 4.74 Å². The van der Waals surface area contributed by atoms with Gasteiger partial charge in [-0.15, -0.1) is 0 Å². The minimum absolute atomic E-state index is 0.0785. The Morgan fingerprint density at radius 1 is 1.38 bits per heavy atom. The van der Waals surface area contributed by atoms with Crippen molar-refractivity contribution in [1.82, 2.24) is 5.32 Å². The molecule has 0 saturated heterocycles. The van der Waals surface area contributed by atoms with E-state index in [0.717, 1.165) is 0 Å². The van der Waals surface area contributed by atoms with E-state index in [0.29, 0.717) is 5.56 Å². The van der Waals surface area contributed by atoms with Gasteiger partial charge in [0.05, 0.1) is 13.2 Å². The lowest BCUT2D eigenvalue weighted by molar-refractivity contribution is 0.102. The molecule has 0 bridgehead atoms. The van der Waals surface area contributed by atoms with E-state index in [1.807, 2.05) is 0 Å². The molecule has 0 radical (unpaired) electrons. The number of hydrogen-bond acceptors (Lipinski definition) is 2. The standard InChI is InChI=1S/C11H14F3NO/c1-15-9(11(13)14)6-7-3-4-10(16-2)8(12)5-7/h3-5,9,11,15H,6H2,1-2H3. The first kappa shape index (κ1) is 12.8. The molecule has 1 rings (SSSR count). The summed E-state index contributed by atoms with van der Waals surface area (Å²) in [6.07, 6.45) is -2.40. The summed E-state index contributed by atoms with van der Waals surface area (Å²) in [6.45, 7) is 0. The highest BCUT2D eigenvalue weighted by Gasteiger charge is 2.18. The van der Waals surface area contributed by atoms with Gasteiger partial charge in [0.1, 0.15) is 0 Å². The normalized spacial score (nSPS) is 12.9. The molecule has 0 fully saturated rings. The third kappa shape index (κ3) is 3.13. The molecule has 16 heavy (non-hydrogen) atoms. The van der Waals surface area contributed by atoms with Crippen molar-refractivity contribution in [2.45, 2.75) is 18.9 Å². The van der Waals surface area contributed by atoms with Crippen molar-refractivity contribution in [3.8, 4) is 5.75 Å². The van der Waals surface area contributed by atoms with Crippen LogP contribution in [0.15, 0.2) is 18.2 Å². The van der Waals surface area contributed by atoms with Crippen molar-refractivity contribution in [2.24, 2.45) is 0 Å². The second kappa shape index (κ2) is 5.75. The van der Waals surface area contributed by atoms with Crippen LogP contribution < -0.4 is 10.1 Å². The number of nitrogens with one attached hydrogen (secondary N) is 1. The van der Waals surface area contributed by atoms with Crippen LogP contribution in [0.4, 0.5) is 13.2 Å². The van der Waals surface area contributed by atoms with Gasteiger partial charge in [0, 0.05) is 0 Å². The molecule has 0 amide bonds. The fraction of sp³-hybridized carbons (Fsp3) is 0.455. The average Bonchev–Trinajstić information content (AvgIpc) is 2.25. The first-order chi connectivity index (χ1) is 7.58. The Balaban J connectivity index is 2.78. The molecular weight excluding hydrogens is 219 g/mol. The Hall–Kier alpha value is -1.23. The number of methoxy groups -OCH3 is 1. The van der Waals surface area contributed by atoms with Gasteiger partial charge in [-0.2, -0.15) is 0 Å². The van der Waals surface area contributed by atoms with Gasteiger partial charge in [0.25, 0.3) is 6.43 Å². The van der Waals surface area contributed by atoms with Gasteiger partial charge in [0.15, 0.2) is 11.6 Å². The second-order valence-electron chi connectivity index (χ2n) is 3.40. The summed E-state index contributed by atoms with van der Waals surface area (Å²) in [5, 5.41) is 2.49. The molecule has 90 valence electrons. The molecule has 5 heteroatoms. The fourth-order valence-electron chi connectivity index (χ4n) is 1.41. The van der Waals surface area contributed by atoms with E-state index in [2.05, 4.69) is 5.32 Å². The Morgan fingerprint density at radius 2 is 2.06 bits per heavy atom. The molecule has 0 saturated carbocycles. The van der Waals surface area contributed by atoms with Crippen LogP contribution in [0.25, 0.3) is 0 Å². The number of alkyl halides is 2. The van der Waals surface area contributed by atoms with Gasteiger partial charge in [-0.05, 0) is 31.2 Å². The zero-order chi connectivity index (χ0) is 12.1. The van der Waals surface area contributed by atoms with Crippen LogP contribution >= 0.6 is 0 Å². The topological polar surface area (TPSA) is 21.3 Å². The van der Waals surface area contributed by atoms with Crippen molar-refractivity contribution in [2.75, 3.05) is 14.2 Å². The van der Waals surface area contributed by atoms with Crippen LogP contribution in [0.5, 0.6) is 5.75 Å². The maximum Gasteiger partial charge on any atom is 0.254 e. The molecule has 0 aromatic heterocycles. The molecule has 1 atom stereocenters. The lowest BCUT2D eigenvalue weighted by Gasteiger charge is -2.15. The second-order valence-corrected chi connectivity index (χ2v) is 3.40. The monoisotopic (exact) mass is 233 g/mol. The van der Waals surface area contributed by atoms with Gasteiger partial charge < -0.3 is 10.1 Å². The Morgan fingerprint density at radius 3 is 2.50 bits per heavy atom. The highest BCUT2D eigenvalue weighted by atomic mass is 19.3. The summed E-state index contributed by atoms with van der Waals surface area (Å²) in [5.74, 6) is -0.425. The van der Waals surface area contributed by atoms with E-state index in [1.54, 1.807) is 6.07 Å². The fourth-order valence-corrected chi connectivity index (χ4v) is 1.41. The molecule has 0 spiro atoms. The van der Waals surface area contributed by atoms with Crippen LogP contribution in [-0.2, 0) is 6.42 Å². The molecule has 0 aliphatic carbocycles. The van der Waals surface area contributed by atoms with Crippen molar-refractivity contribution in [3.05, 3.63) is 29.6 Å². The van der Waals surface area contributed by atoms with Gasteiger partial charge >= 0.3 is 0 Å². The lowest BCUT2D eigenvalue weighted by Crippen LogP contribution is -2.34. The summed E-state index contributed by atoms with van der Waals surface area (Å²) in [7, 11) is 2.81. The smallest absolute Gasteiger partial charge is 0.254 e. The highest BCUT2D eigenvalue weighted by molar-refractivity contribution is 5.29. The first-order valence-electron chi connectivity index (χ1n) is 4.86. The minimum Gasteiger partial charge on any atom is -0.494 e. The van der Waals surface area contributed by atoms with E-state index < -0.39 is 18.3 Å². The van der Waals surface area contributed by atoms with Crippen molar-refractivity contribution in [1.29, 1.82) is 0 Å².